The Morgan fingerprint density at radius 1 is 1.73 bits per heavy atom. The molecule has 64 valence electrons. The van der Waals surface area contributed by atoms with E-state index in [2.05, 4.69) is 0 Å². The van der Waals surface area contributed by atoms with Crippen LogP contribution in [-0.2, 0) is 20.3 Å². The standard InChI is InChI=1S/C6H11NO3S/c7-6(8)4-11(9)5-1-2-10-3-5/h5H,1-4H2,(H2,7,8). The van der Waals surface area contributed by atoms with Gasteiger partial charge in [-0.1, -0.05) is 0 Å². The molecular formula is C6H11NO3S. The van der Waals surface area contributed by atoms with Crippen molar-refractivity contribution in [3.8, 4) is 0 Å². The molecule has 2 N–H and O–H groups in total. The van der Waals surface area contributed by atoms with Gasteiger partial charge in [0.1, 0.15) is 5.75 Å². The van der Waals surface area contributed by atoms with Gasteiger partial charge in [-0.3, -0.25) is 9.00 Å². The normalized spacial score (nSPS) is 26.7. The van der Waals surface area contributed by atoms with Crippen molar-refractivity contribution >= 4 is 16.7 Å². The van der Waals surface area contributed by atoms with Crippen molar-refractivity contribution in [2.24, 2.45) is 5.73 Å². The van der Waals surface area contributed by atoms with Crippen molar-refractivity contribution in [3.05, 3.63) is 0 Å². The number of hydrogen-bond acceptors (Lipinski definition) is 3. The molecule has 0 aromatic rings. The van der Waals surface area contributed by atoms with Crippen LogP contribution >= 0.6 is 0 Å². The van der Waals surface area contributed by atoms with Crippen LogP contribution in [0.3, 0.4) is 0 Å². The van der Waals surface area contributed by atoms with E-state index in [9.17, 15) is 9.00 Å². The van der Waals surface area contributed by atoms with E-state index in [1.807, 2.05) is 0 Å². The quantitative estimate of drug-likeness (QED) is 0.601. The van der Waals surface area contributed by atoms with Crippen molar-refractivity contribution in [1.29, 1.82) is 0 Å². The molecule has 0 spiro atoms. The van der Waals surface area contributed by atoms with Crippen LogP contribution in [-0.4, -0.2) is 34.3 Å². The lowest BCUT2D eigenvalue weighted by Crippen LogP contribution is -2.26. The van der Waals surface area contributed by atoms with Gasteiger partial charge in [-0.05, 0) is 6.42 Å². The first kappa shape index (κ1) is 8.67. The van der Waals surface area contributed by atoms with Crippen molar-refractivity contribution in [3.63, 3.8) is 0 Å². The zero-order chi connectivity index (χ0) is 8.27. The smallest absolute Gasteiger partial charge is 0.230 e. The highest BCUT2D eigenvalue weighted by Crippen LogP contribution is 2.10. The Morgan fingerprint density at radius 3 is 2.91 bits per heavy atom. The zero-order valence-electron chi connectivity index (χ0n) is 6.12. The average Bonchev–Trinajstić information content (AvgIpc) is 2.35. The molecule has 2 atom stereocenters. The molecule has 1 aliphatic heterocycles. The Morgan fingerprint density at radius 2 is 2.45 bits per heavy atom. The molecule has 0 radical (unpaired) electrons. The van der Waals surface area contributed by atoms with Gasteiger partial charge in [0.2, 0.25) is 5.91 Å². The summed E-state index contributed by atoms with van der Waals surface area (Å²) in [4.78, 5) is 10.4. The van der Waals surface area contributed by atoms with Gasteiger partial charge >= 0.3 is 0 Å². The minimum atomic E-state index is -1.13. The van der Waals surface area contributed by atoms with Crippen molar-refractivity contribution in [1.82, 2.24) is 0 Å². The molecule has 1 saturated heterocycles. The van der Waals surface area contributed by atoms with E-state index in [0.29, 0.717) is 13.2 Å². The molecule has 2 unspecified atom stereocenters. The minimum absolute atomic E-state index is 0.0162. The molecule has 0 aliphatic carbocycles. The first-order valence-electron chi connectivity index (χ1n) is 3.43. The van der Waals surface area contributed by atoms with E-state index >= 15 is 0 Å². The van der Waals surface area contributed by atoms with Crippen LogP contribution in [0.25, 0.3) is 0 Å². The molecule has 0 saturated carbocycles. The predicted octanol–water partition coefficient (Wildman–Crippen LogP) is -0.991. The summed E-state index contributed by atoms with van der Waals surface area (Å²) in [6.45, 7) is 1.15. The van der Waals surface area contributed by atoms with E-state index in [1.165, 1.54) is 0 Å². The number of nitrogens with two attached hydrogens (primary N) is 1. The molecule has 4 nitrogen and oxygen atoms in total. The van der Waals surface area contributed by atoms with E-state index in [1.54, 1.807) is 0 Å². The summed E-state index contributed by atoms with van der Waals surface area (Å²) in [6.07, 6.45) is 0.778. The van der Waals surface area contributed by atoms with Gasteiger partial charge in [0, 0.05) is 17.4 Å². The molecule has 1 aliphatic rings. The number of amides is 1. The van der Waals surface area contributed by atoms with Crippen LogP contribution in [0.5, 0.6) is 0 Å². The van der Waals surface area contributed by atoms with Crippen LogP contribution < -0.4 is 5.73 Å². The molecule has 0 aromatic carbocycles. The third-order valence-corrected chi connectivity index (χ3v) is 3.23. The molecule has 0 aromatic heterocycles. The predicted molar refractivity (Wildman–Crippen MR) is 41.4 cm³/mol. The second kappa shape index (κ2) is 3.82. The molecule has 1 fully saturated rings. The van der Waals surface area contributed by atoms with Crippen LogP contribution in [0, 0.1) is 0 Å². The number of rotatable bonds is 3. The second-order valence-corrected chi connectivity index (χ2v) is 4.19. The molecule has 5 heteroatoms. The fourth-order valence-corrected chi connectivity index (χ4v) is 2.10. The first-order chi connectivity index (χ1) is 5.20. The Labute approximate surface area is 67.5 Å². The lowest BCUT2D eigenvalue weighted by Gasteiger charge is -2.03. The monoisotopic (exact) mass is 177 g/mol. The Balaban J connectivity index is 2.34. The fourth-order valence-electron chi connectivity index (χ4n) is 0.978. The van der Waals surface area contributed by atoms with Gasteiger partial charge in [-0.25, -0.2) is 0 Å². The summed E-state index contributed by atoms with van der Waals surface area (Å²) < 4.78 is 16.2. The topological polar surface area (TPSA) is 69.4 Å². The molecule has 1 amide bonds. The van der Waals surface area contributed by atoms with Crippen LogP contribution in [0.2, 0.25) is 0 Å². The van der Waals surface area contributed by atoms with Crippen LogP contribution in [0.4, 0.5) is 0 Å². The molecular weight excluding hydrogens is 166 g/mol. The molecule has 1 heterocycles. The maximum Gasteiger partial charge on any atom is 0.230 e. The number of carbonyl (C=O) groups excluding carboxylic acids is 1. The molecule has 0 bridgehead atoms. The second-order valence-electron chi connectivity index (χ2n) is 2.48. The average molecular weight is 177 g/mol. The Kier molecular flexibility index (Phi) is 3.02. The summed E-state index contributed by atoms with van der Waals surface area (Å²) in [5.41, 5.74) is 4.89. The van der Waals surface area contributed by atoms with Crippen molar-refractivity contribution < 1.29 is 13.7 Å². The van der Waals surface area contributed by atoms with Crippen molar-refractivity contribution in [2.45, 2.75) is 11.7 Å². The Bertz CT molecular complexity index is 177. The SMILES string of the molecule is NC(=O)CS(=O)C1CCOC1. The third-order valence-electron chi connectivity index (χ3n) is 1.54. The van der Waals surface area contributed by atoms with Gasteiger partial charge in [0.05, 0.1) is 11.9 Å². The summed E-state index contributed by atoms with van der Waals surface area (Å²) in [5, 5.41) is 0.0162. The minimum Gasteiger partial charge on any atom is -0.380 e. The summed E-state index contributed by atoms with van der Waals surface area (Å²) in [7, 11) is -1.13. The van der Waals surface area contributed by atoms with Gasteiger partial charge in [-0.15, -0.1) is 0 Å². The number of carbonyl (C=O) groups is 1. The highest BCUT2D eigenvalue weighted by Gasteiger charge is 2.22. The first-order valence-corrected chi connectivity index (χ1v) is 4.81. The van der Waals surface area contributed by atoms with Gasteiger partial charge < -0.3 is 10.5 Å². The third kappa shape index (κ3) is 2.59. The molecule has 1 rings (SSSR count). The number of hydrogen-bond donors (Lipinski definition) is 1. The summed E-state index contributed by atoms with van der Waals surface area (Å²) in [6, 6.07) is 0. The van der Waals surface area contributed by atoms with Crippen LogP contribution in [0.1, 0.15) is 6.42 Å². The van der Waals surface area contributed by atoms with Crippen LogP contribution in [0.15, 0.2) is 0 Å². The van der Waals surface area contributed by atoms with E-state index < -0.39 is 16.7 Å². The van der Waals surface area contributed by atoms with Gasteiger partial charge in [0.15, 0.2) is 0 Å². The number of ether oxygens (including phenoxy) is 1. The van der Waals surface area contributed by atoms with Gasteiger partial charge in [-0.2, -0.15) is 0 Å². The highest BCUT2D eigenvalue weighted by molar-refractivity contribution is 7.86. The van der Waals surface area contributed by atoms with E-state index in [-0.39, 0.29) is 11.0 Å². The van der Waals surface area contributed by atoms with E-state index in [4.69, 9.17) is 10.5 Å². The van der Waals surface area contributed by atoms with E-state index in [0.717, 1.165) is 6.42 Å². The Hall–Kier alpha value is -0.420. The zero-order valence-corrected chi connectivity index (χ0v) is 6.93. The van der Waals surface area contributed by atoms with Gasteiger partial charge in [0.25, 0.3) is 0 Å². The maximum absolute atomic E-state index is 11.2. The summed E-state index contributed by atoms with van der Waals surface area (Å²) in [5.74, 6) is -0.538. The summed E-state index contributed by atoms with van der Waals surface area (Å²) >= 11 is 0. The lowest BCUT2D eigenvalue weighted by atomic mass is 10.4. The van der Waals surface area contributed by atoms with Crippen molar-refractivity contribution in [2.75, 3.05) is 19.0 Å². The number of primary amides is 1. The lowest BCUT2D eigenvalue weighted by molar-refractivity contribution is -0.115. The maximum atomic E-state index is 11.2. The highest BCUT2D eigenvalue weighted by atomic mass is 32.2. The largest absolute Gasteiger partial charge is 0.380 e. The fraction of sp³-hybridized carbons (Fsp3) is 0.833. The molecule has 11 heavy (non-hydrogen) atoms.